The Labute approximate surface area is 167 Å². The molecule has 1 heterocycles. The van der Waals surface area contributed by atoms with Gasteiger partial charge in [-0.25, -0.2) is 4.79 Å². The molecule has 0 aliphatic carbocycles. The van der Waals surface area contributed by atoms with Gasteiger partial charge in [0.05, 0.1) is 12.7 Å². The number of rotatable bonds is 6. The van der Waals surface area contributed by atoms with Crippen LogP contribution in [-0.2, 0) is 4.79 Å². The van der Waals surface area contributed by atoms with Gasteiger partial charge in [-0.3, -0.25) is 9.69 Å². The molecule has 3 aromatic rings. The topological polar surface area (TPSA) is 76.1 Å². The van der Waals surface area contributed by atoms with Gasteiger partial charge in [0.15, 0.2) is 0 Å². The van der Waals surface area contributed by atoms with E-state index < -0.39 is 12.1 Å². The highest BCUT2D eigenvalue weighted by molar-refractivity contribution is 6.05. The van der Waals surface area contributed by atoms with Crippen LogP contribution >= 0.6 is 0 Å². The number of β-lactam (4-membered cyclic amide) rings is 1. The molecule has 29 heavy (non-hydrogen) atoms. The molecular weight excluding hydrogens is 370 g/mol. The molecule has 0 aromatic heterocycles. The molecule has 146 valence electrons. The molecule has 3 aromatic carbocycles. The van der Waals surface area contributed by atoms with E-state index in [1.165, 1.54) is 12.1 Å². The van der Waals surface area contributed by atoms with Crippen molar-refractivity contribution in [2.45, 2.75) is 12.1 Å². The number of carbonyl (C=O) groups is 2. The average Bonchev–Trinajstić information content (AvgIpc) is 2.76. The fourth-order valence-corrected chi connectivity index (χ4v) is 3.40. The fraction of sp³-hybridized carbons (Fsp3) is 0.130. The Hall–Kier alpha value is -3.80. The lowest BCUT2D eigenvalue weighted by Crippen LogP contribution is -2.61. The Morgan fingerprint density at radius 1 is 0.897 bits per heavy atom. The van der Waals surface area contributed by atoms with Gasteiger partial charge in [0.2, 0.25) is 6.10 Å². The standard InChI is InChI=1S/C23H19NO5/c1-28-18-13-11-17(12-14-18)24-20(15-7-9-16(10-8-15)23(26)27)21(22(24)25)29-19-5-3-2-4-6-19/h2-14,20-21H,1H3,(H,26,27). The van der Waals surface area contributed by atoms with Crippen LogP contribution in [0.4, 0.5) is 5.69 Å². The second-order valence-electron chi connectivity index (χ2n) is 6.63. The Morgan fingerprint density at radius 2 is 1.55 bits per heavy atom. The number of methoxy groups -OCH3 is 1. The van der Waals surface area contributed by atoms with Crippen molar-refractivity contribution in [3.05, 3.63) is 90.0 Å². The molecule has 4 rings (SSSR count). The number of hydrogen-bond donors (Lipinski definition) is 1. The second kappa shape index (κ2) is 7.67. The lowest BCUT2D eigenvalue weighted by atomic mass is 9.89. The highest BCUT2D eigenvalue weighted by Gasteiger charge is 2.51. The molecule has 1 fully saturated rings. The summed E-state index contributed by atoms with van der Waals surface area (Å²) in [4.78, 5) is 25.8. The highest BCUT2D eigenvalue weighted by atomic mass is 16.5. The van der Waals surface area contributed by atoms with Crippen LogP contribution in [0.1, 0.15) is 22.0 Å². The molecule has 0 saturated carbocycles. The van der Waals surface area contributed by atoms with Crippen molar-refractivity contribution in [3.63, 3.8) is 0 Å². The summed E-state index contributed by atoms with van der Waals surface area (Å²) in [7, 11) is 1.58. The molecule has 1 amide bonds. The zero-order chi connectivity index (χ0) is 20.4. The van der Waals surface area contributed by atoms with Crippen LogP contribution in [0.3, 0.4) is 0 Å². The maximum atomic E-state index is 13.0. The van der Waals surface area contributed by atoms with E-state index in [1.54, 1.807) is 48.4 Å². The predicted molar refractivity (Wildman–Crippen MR) is 107 cm³/mol. The number of aromatic carboxylic acids is 1. The number of carbonyl (C=O) groups excluding carboxylic acids is 1. The molecule has 2 unspecified atom stereocenters. The van der Waals surface area contributed by atoms with E-state index in [0.717, 1.165) is 11.3 Å². The summed E-state index contributed by atoms with van der Waals surface area (Å²) in [5.41, 5.74) is 1.71. The summed E-state index contributed by atoms with van der Waals surface area (Å²) >= 11 is 0. The Kier molecular flexibility index (Phi) is 4.91. The quantitative estimate of drug-likeness (QED) is 0.647. The number of ether oxygens (including phenoxy) is 2. The number of nitrogens with zero attached hydrogens (tertiary/aromatic N) is 1. The first-order chi connectivity index (χ1) is 14.1. The van der Waals surface area contributed by atoms with E-state index in [-0.39, 0.29) is 17.5 Å². The molecule has 0 bridgehead atoms. The van der Waals surface area contributed by atoms with Gasteiger partial charge >= 0.3 is 5.97 Å². The SMILES string of the molecule is COc1ccc(N2C(=O)C(Oc3ccccc3)C2c2ccc(C(=O)O)cc2)cc1. The summed E-state index contributed by atoms with van der Waals surface area (Å²) in [5, 5.41) is 9.15. The van der Waals surface area contributed by atoms with Crippen LogP contribution in [-0.4, -0.2) is 30.2 Å². The molecule has 1 aliphatic rings. The van der Waals surface area contributed by atoms with E-state index in [0.29, 0.717) is 11.5 Å². The van der Waals surface area contributed by atoms with Gasteiger partial charge < -0.3 is 14.6 Å². The molecule has 1 saturated heterocycles. The number of hydrogen-bond acceptors (Lipinski definition) is 4. The van der Waals surface area contributed by atoms with E-state index in [4.69, 9.17) is 14.6 Å². The van der Waals surface area contributed by atoms with Gasteiger partial charge in [0, 0.05) is 5.69 Å². The van der Waals surface area contributed by atoms with Crippen molar-refractivity contribution in [3.8, 4) is 11.5 Å². The largest absolute Gasteiger partial charge is 0.497 e. The Morgan fingerprint density at radius 3 is 2.14 bits per heavy atom. The van der Waals surface area contributed by atoms with E-state index in [1.807, 2.05) is 30.3 Å². The average molecular weight is 389 g/mol. The van der Waals surface area contributed by atoms with Gasteiger partial charge in [-0.2, -0.15) is 0 Å². The minimum atomic E-state index is -0.995. The minimum absolute atomic E-state index is 0.161. The molecule has 2 atom stereocenters. The molecule has 1 N–H and O–H groups in total. The third-order valence-electron chi connectivity index (χ3n) is 4.90. The van der Waals surface area contributed by atoms with Crippen LogP contribution in [0.25, 0.3) is 0 Å². The van der Waals surface area contributed by atoms with Gasteiger partial charge in [0.1, 0.15) is 17.5 Å². The van der Waals surface area contributed by atoms with Crippen LogP contribution < -0.4 is 14.4 Å². The second-order valence-corrected chi connectivity index (χ2v) is 6.63. The summed E-state index contributed by atoms with van der Waals surface area (Å²) in [6.45, 7) is 0. The number of carboxylic acid groups (broad SMARTS) is 1. The van der Waals surface area contributed by atoms with Crippen molar-refractivity contribution >= 4 is 17.6 Å². The molecule has 0 spiro atoms. The normalized spacial score (nSPS) is 18.1. The van der Waals surface area contributed by atoms with Crippen molar-refractivity contribution in [1.29, 1.82) is 0 Å². The number of para-hydroxylation sites is 1. The molecule has 6 nitrogen and oxygen atoms in total. The summed E-state index contributed by atoms with van der Waals surface area (Å²) in [5.74, 6) is 0.144. The number of benzene rings is 3. The monoisotopic (exact) mass is 389 g/mol. The van der Waals surface area contributed by atoms with Crippen molar-refractivity contribution in [2.75, 3.05) is 12.0 Å². The van der Waals surface area contributed by atoms with Gasteiger partial charge in [-0.1, -0.05) is 30.3 Å². The third-order valence-corrected chi connectivity index (χ3v) is 4.90. The summed E-state index contributed by atoms with van der Waals surface area (Å²) in [6.07, 6.45) is -0.699. The summed E-state index contributed by atoms with van der Waals surface area (Å²) in [6, 6.07) is 22.5. The maximum absolute atomic E-state index is 13.0. The van der Waals surface area contributed by atoms with E-state index in [9.17, 15) is 9.59 Å². The van der Waals surface area contributed by atoms with Crippen molar-refractivity contribution in [1.82, 2.24) is 0 Å². The number of carboxylic acids is 1. The summed E-state index contributed by atoms with van der Waals surface area (Å²) < 4.78 is 11.2. The molecule has 0 radical (unpaired) electrons. The van der Waals surface area contributed by atoms with Crippen LogP contribution in [0.15, 0.2) is 78.9 Å². The smallest absolute Gasteiger partial charge is 0.335 e. The molecular formula is C23H19NO5. The van der Waals surface area contributed by atoms with Crippen molar-refractivity contribution < 1.29 is 24.2 Å². The first-order valence-electron chi connectivity index (χ1n) is 9.10. The van der Waals surface area contributed by atoms with Gasteiger partial charge in [-0.15, -0.1) is 0 Å². The third kappa shape index (κ3) is 3.52. The molecule has 6 heteroatoms. The minimum Gasteiger partial charge on any atom is -0.497 e. The predicted octanol–water partition coefficient (Wildman–Crippen LogP) is 3.93. The Bertz CT molecular complexity index is 1020. The number of amides is 1. The lowest BCUT2D eigenvalue weighted by Gasteiger charge is -2.46. The first-order valence-corrected chi connectivity index (χ1v) is 9.10. The van der Waals surface area contributed by atoms with Gasteiger partial charge in [-0.05, 0) is 54.1 Å². The molecule has 1 aliphatic heterocycles. The van der Waals surface area contributed by atoms with Gasteiger partial charge in [0.25, 0.3) is 5.91 Å². The van der Waals surface area contributed by atoms with Crippen LogP contribution in [0, 0.1) is 0 Å². The van der Waals surface area contributed by atoms with Crippen LogP contribution in [0.5, 0.6) is 11.5 Å². The fourth-order valence-electron chi connectivity index (χ4n) is 3.40. The highest BCUT2D eigenvalue weighted by Crippen LogP contribution is 2.41. The zero-order valence-electron chi connectivity index (χ0n) is 15.7. The van der Waals surface area contributed by atoms with E-state index in [2.05, 4.69) is 0 Å². The zero-order valence-corrected chi connectivity index (χ0v) is 15.7. The first kappa shape index (κ1) is 18.6. The number of anilines is 1. The lowest BCUT2D eigenvalue weighted by molar-refractivity contribution is -0.135. The van der Waals surface area contributed by atoms with Crippen molar-refractivity contribution in [2.24, 2.45) is 0 Å². The Balaban J connectivity index is 1.68. The maximum Gasteiger partial charge on any atom is 0.335 e. The van der Waals surface area contributed by atoms with Crippen LogP contribution in [0.2, 0.25) is 0 Å². The van der Waals surface area contributed by atoms with E-state index >= 15 is 0 Å².